The number of hydrogen-bond donors (Lipinski definition) is 3. The van der Waals surface area contributed by atoms with Crippen LogP contribution in [0.2, 0.25) is 0 Å². The molecule has 4 N–H and O–H groups in total. The van der Waals surface area contributed by atoms with E-state index < -0.39 is 18.1 Å². The van der Waals surface area contributed by atoms with Gasteiger partial charge in [-0.3, -0.25) is 9.59 Å². The van der Waals surface area contributed by atoms with Crippen LogP contribution in [0.15, 0.2) is 0 Å². The summed E-state index contributed by atoms with van der Waals surface area (Å²) in [7, 11) is 0. The van der Waals surface area contributed by atoms with E-state index in [0.717, 1.165) is 0 Å². The Morgan fingerprint density at radius 1 is 1.64 bits per heavy atom. The SMILES string of the molecule is N[C@@H](CC(=O)O)C(=O)C1CNCCO1. The van der Waals surface area contributed by atoms with E-state index in [2.05, 4.69) is 5.32 Å². The van der Waals surface area contributed by atoms with E-state index >= 15 is 0 Å². The number of nitrogens with one attached hydrogen (secondary N) is 1. The van der Waals surface area contributed by atoms with E-state index in [1.807, 2.05) is 0 Å². The Balaban J connectivity index is 2.42. The van der Waals surface area contributed by atoms with Crippen molar-refractivity contribution in [3.63, 3.8) is 0 Å². The number of aliphatic carboxylic acids is 1. The standard InChI is InChI=1S/C8H14N2O4/c9-5(3-7(11)12)8(13)6-4-10-1-2-14-6/h5-6,10H,1-4,9H2,(H,11,12)/t5-,6?/m0/s1. The summed E-state index contributed by atoms with van der Waals surface area (Å²) in [5, 5.41) is 11.4. The van der Waals surface area contributed by atoms with Crippen LogP contribution in [-0.2, 0) is 14.3 Å². The summed E-state index contributed by atoms with van der Waals surface area (Å²) in [4.78, 5) is 21.8. The first-order chi connectivity index (χ1) is 6.61. The highest BCUT2D eigenvalue weighted by Crippen LogP contribution is 2.02. The van der Waals surface area contributed by atoms with Crippen LogP contribution in [-0.4, -0.2) is 48.7 Å². The van der Waals surface area contributed by atoms with Crippen LogP contribution in [0, 0.1) is 0 Å². The Morgan fingerprint density at radius 3 is 2.86 bits per heavy atom. The third kappa shape index (κ3) is 3.06. The first kappa shape index (κ1) is 11.1. The van der Waals surface area contributed by atoms with Gasteiger partial charge in [0.1, 0.15) is 6.10 Å². The van der Waals surface area contributed by atoms with Gasteiger partial charge in [-0.05, 0) is 0 Å². The van der Waals surface area contributed by atoms with Crippen molar-refractivity contribution in [3.05, 3.63) is 0 Å². The molecule has 2 atom stereocenters. The lowest BCUT2D eigenvalue weighted by Crippen LogP contribution is -2.49. The molecule has 0 aromatic heterocycles. The van der Waals surface area contributed by atoms with Gasteiger partial charge in [-0.1, -0.05) is 0 Å². The van der Waals surface area contributed by atoms with Gasteiger partial charge in [-0.15, -0.1) is 0 Å². The number of rotatable bonds is 4. The van der Waals surface area contributed by atoms with E-state index in [1.165, 1.54) is 0 Å². The van der Waals surface area contributed by atoms with Gasteiger partial charge in [0.05, 0.1) is 19.1 Å². The molecule has 0 aliphatic carbocycles. The predicted octanol–water partition coefficient (Wildman–Crippen LogP) is -1.65. The number of hydrogen-bond acceptors (Lipinski definition) is 5. The average Bonchev–Trinajstić information content (AvgIpc) is 2.17. The zero-order valence-electron chi connectivity index (χ0n) is 7.73. The van der Waals surface area contributed by atoms with Crippen LogP contribution in [0.25, 0.3) is 0 Å². The number of carbonyl (C=O) groups excluding carboxylic acids is 1. The normalized spacial score (nSPS) is 24.2. The van der Waals surface area contributed by atoms with Crippen LogP contribution in [0.5, 0.6) is 0 Å². The smallest absolute Gasteiger partial charge is 0.305 e. The molecule has 1 heterocycles. The Hall–Kier alpha value is -0.980. The first-order valence-corrected chi connectivity index (χ1v) is 4.44. The van der Waals surface area contributed by atoms with E-state index in [0.29, 0.717) is 19.7 Å². The summed E-state index contributed by atoms with van der Waals surface area (Å²) < 4.78 is 5.16. The van der Waals surface area contributed by atoms with Crippen molar-refractivity contribution < 1.29 is 19.4 Å². The third-order valence-electron chi connectivity index (χ3n) is 2.00. The maximum absolute atomic E-state index is 11.5. The summed E-state index contributed by atoms with van der Waals surface area (Å²) in [6.07, 6.45) is -0.948. The summed E-state index contributed by atoms with van der Waals surface area (Å²) in [6.45, 7) is 1.57. The zero-order valence-corrected chi connectivity index (χ0v) is 7.73. The molecule has 0 saturated carbocycles. The minimum atomic E-state index is -1.07. The number of morpholine rings is 1. The Morgan fingerprint density at radius 2 is 2.36 bits per heavy atom. The second-order valence-corrected chi connectivity index (χ2v) is 3.17. The Kier molecular flexibility index (Phi) is 3.99. The quantitative estimate of drug-likeness (QED) is 0.504. The summed E-state index contributed by atoms with van der Waals surface area (Å²) >= 11 is 0. The van der Waals surface area contributed by atoms with Gasteiger partial charge >= 0.3 is 5.97 Å². The molecule has 80 valence electrons. The highest BCUT2D eigenvalue weighted by atomic mass is 16.5. The van der Waals surface area contributed by atoms with Crippen LogP contribution in [0.4, 0.5) is 0 Å². The summed E-state index contributed by atoms with van der Waals surface area (Å²) in [5.41, 5.74) is 5.41. The number of ether oxygens (including phenoxy) is 1. The molecule has 1 unspecified atom stereocenters. The molecule has 6 nitrogen and oxygen atoms in total. The largest absolute Gasteiger partial charge is 0.481 e. The minimum absolute atomic E-state index is 0.348. The molecule has 0 spiro atoms. The minimum Gasteiger partial charge on any atom is -0.481 e. The van der Waals surface area contributed by atoms with Gasteiger partial charge in [0.2, 0.25) is 0 Å². The lowest BCUT2D eigenvalue weighted by atomic mass is 10.0. The molecular weight excluding hydrogens is 188 g/mol. The molecule has 1 saturated heterocycles. The van der Waals surface area contributed by atoms with Gasteiger partial charge < -0.3 is 20.9 Å². The van der Waals surface area contributed by atoms with Gasteiger partial charge in [0, 0.05) is 13.1 Å². The molecular formula is C8H14N2O4. The van der Waals surface area contributed by atoms with Gasteiger partial charge in [-0.2, -0.15) is 0 Å². The second kappa shape index (κ2) is 5.04. The maximum Gasteiger partial charge on any atom is 0.305 e. The molecule has 0 bridgehead atoms. The molecule has 14 heavy (non-hydrogen) atoms. The zero-order chi connectivity index (χ0) is 10.6. The van der Waals surface area contributed by atoms with E-state index in [-0.39, 0.29) is 12.2 Å². The topological polar surface area (TPSA) is 102 Å². The molecule has 1 fully saturated rings. The van der Waals surface area contributed by atoms with E-state index in [4.69, 9.17) is 15.6 Å². The fourth-order valence-electron chi connectivity index (χ4n) is 1.28. The molecule has 1 aliphatic rings. The highest BCUT2D eigenvalue weighted by Gasteiger charge is 2.27. The molecule has 0 aromatic carbocycles. The van der Waals surface area contributed by atoms with Crippen LogP contribution < -0.4 is 11.1 Å². The van der Waals surface area contributed by atoms with Crippen molar-refractivity contribution in [2.24, 2.45) is 5.73 Å². The van der Waals surface area contributed by atoms with Crippen LogP contribution in [0.1, 0.15) is 6.42 Å². The Bertz CT molecular complexity index is 225. The van der Waals surface area contributed by atoms with Crippen molar-refractivity contribution >= 4 is 11.8 Å². The number of carboxylic acid groups (broad SMARTS) is 1. The first-order valence-electron chi connectivity index (χ1n) is 4.44. The molecule has 1 rings (SSSR count). The van der Waals surface area contributed by atoms with Gasteiger partial charge in [0.15, 0.2) is 5.78 Å². The summed E-state index contributed by atoms with van der Waals surface area (Å²) in [5.74, 6) is -1.42. The molecule has 0 amide bonds. The maximum atomic E-state index is 11.5. The van der Waals surface area contributed by atoms with Crippen molar-refractivity contribution in [1.29, 1.82) is 0 Å². The number of carboxylic acids is 1. The number of ketones is 1. The van der Waals surface area contributed by atoms with E-state index in [9.17, 15) is 9.59 Å². The Labute approximate surface area is 81.4 Å². The highest BCUT2D eigenvalue weighted by molar-refractivity contribution is 5.91. The van der Waals surface area contributed by atoms with Crippen LogP contribution >= 0.6 is 0 Å². The van der Waals surface area contributed by atoms with Crippen molar-refractivity contribution in [2.45, 2.75) is 18.6 Å². The fourth-order valence-corrected chi connectivity index (χ4v) is 1.28. The molecule has 6 heteroatoms. The molecule has 1 aliphatic heterocycles. The van der Waals surface area contributed by atoms with E-state index in [1.54, 1.807) is 0 Å². The fraction of sp³-hybridized carbons (Fsp3) is 0.750. The lowest BCUT2D eigenvalue weighted by molar-refractivity contribution is -0.142. The molecule has 0 radical (unpaired) electrons. The van der Waals surface area contributed by atoms with Gasteiger partial charge in [0.25, 0.3) is 0 Å². The monoisotopic (exact) mass is 202 g/mol. The predicted molar refractivity (Wildman–Crippen MR) is 47.8 cm³/mol. The number of Topliss-reactive ketones (excluding diaryl/α,β-unsaturated/α-hetero) is 1. The molecule has 0 aromatic rings. The number of nitrogens with two attached hydrogens (primary N) is 1. The van der Waals surface area contributed by atoms with Crippen LogP contribution in [0.3, 0.4) is 0 Å². The second-order valence-electron chi connectivity index (χ2n) is 3.17. The van der Waals surface area contributed by atoms with Crippen molar-refractivity contribution in [1.82, 2.24) is 5.32 Å². The lowest BCUT2D eigenvalue weighted by Gasteiger charge is -2.24. The number of carbonyl (C=O) groups is 2. The van der Waals surface area contributed by atoms with Crippen molar-refractivity contribution in [3.8, 4) is 0 Å². The average molecular weight is 202 g/mol. The van der Waals surface area contributed by atoms with Gasteiger partial charge in [-0.25, -0.2) is 0 Å². The third-order valence-corrected chi connectivity index (χ3v) is 2.00. The summed E-state index contributed by atoms with van der Waals surface area (Å²) in [6, 6.07) is -0.975. The van der Waals surface area contributed by atoms with Crippen molar-refractivity contribution in [2.75, 3.05) is 19.7 Å².